The molecule has 3 rings (SSSR count). The first kappa shape index (κ1) is 9.89. The molecule has 3 aromatic rings. The lowest BCUT2D eigenvalue weighted by Gasteiger charge is -1.95. The Balaban J connectivity index is 2.10. The average Bonchev–Trinajstić information content (AvgIpc) is 2.96. The van der Waals surface area contributed by atoms with Crippen molar-refractivity contribution in [1.82, 2.24) is 9.97 Å². The molecule has 0 radical (unpaired) electrons. The number of rotatable bonds is 2. The van der Waals surface area contributed by atoms with Gasteiger partial charge in [-0.05, 0) is 17.5 Å². The molecule has 0 atom stereocenters. The van der Waals surface area contributed by atoms with Crippen molar-refractivity contribution in [3.8, 4) is 10.6 Å². The third-order valence-electron chi connectivity index (χ3n) is 2.26. The summed E-state index contributed by atoms with van der Waals surface area (Å²) in [6.45, 7) is -0.00876. The van der Waals surface area contributed by atoms with Crippen molar-refractivity contribution in [2.75, 3.05) is 0 Å². The second-order valence-corrected chi connectivity index (χ2v) is 5.14. The van der Waals surface area contributed by atoms with Crippen LogP contribution in [0.1, 0.15) is 5.69 Å². The molecule has 3 nitrogen and oxygen atoms in total. The Morgan fingerprint density at radius 1 is 1.31 bits per heavy atom. The maximum atomic E-state index is 8.97. The summed E-state index contributed by atoms with van der Waals surface area (Å²) in [5, 5.41) is 13.8. The van der Waals surface area contributed by atoms with Gasteiger partial charge < -0.3 is 5.11 Å². The minimum absolute atomic E-state index is 0.00876. The van der Waals surface area contributed by atoms with Crippen molar-refractivity contribution in [2.24, 2.45) is 0 Å². The topological polar surface area (TPSA) is 46.0 Å². The zero-order valence-electron chi connectivity index (χ0n) is 8.25. The number of thiazole rings is 1. The van der Waals surface area contributed by atoms with Crippen LogP contribution < -0.4 is 0 Å². The Morgan fingerprint density at radius 2 is 2.25 bits per heavy atom. The molecule has 0 bridgehead atoms. The Kier molecular flexibility index (Phi) is 2.43. The molecule has 3 aromatic heterocycles. The standard InChI is InChI=1S/C11H8N2OS2/c14-5-8-6-16-11(13-8)7-3-10-9(12-4-7)1-2-15-10/h1-4,6,14H,5H2. The van der Waals surface area contributed by atoms with Crippen molar-refractivity contribution in [2.45, 2.75) is 6.61 Å². The van der Waals surface area contributed by atoms with E-state index in [4.69, 9.17) is 5.11 Å². The van der Waals surface area contributed by atoms with E-state index >= 15 is 0 Å². The van der Waals surface area contributed by atoms with Crippen molar-refractivity contribution in [3.63, 3.8) is 0 Å². The van der Waals surface area contributed by atoms with Crippen LogP contribution in [0.25, 0.3) is 20.8 Å². The van der Waals surface area contributed by atoms with Gasteiger partial charge in [-0.3, -0.25) is 4.98 Å². The van der Waals surface area contributed by atoms with Gasteiger partial charge in [-0.2, -0.15) is 0 Å². The highest BCUT2D eigenvalue weighted by atomic mass is 32.1. The summed E-state index contributed by atoms with van der Waals surface area (Å²) in [7, 11) is 0. The number of aliphatic hydroxyl groups is 1. The van der Waals surface area contributed by atoms with Crippen LogP contribution in [0.2, 0.25) is 0 Å². The first-order chi connectivity index (χ1) is 7.86. The summed E-state index contributed by atoms with van der Waals surface area (Å²) >= 11 is 3.21. The van der Waals surface area contributed by atoms with Gasteiger partial charge in [-0.25, -0.2) is 4.98 Å². The Bertz CT molecular complexity index is 629. The first-order valence-corrected chi connectivity index (χ1v) is 6.51. The molecule has 0 spiro atoms. The first-order valence-electron chi connectivity index (χ1n) is 4.76. The fourth-order valence-corrected chi connectivity index (χ4v) is 3.05. The number of nitrogens with zero attached hydrogens (tertiary/aromatic N) is 2. The summed E-state index contributed by atoms with van der Waals surface area (Å²) in [4.78, 5) is 8.69. The van der Waals surface area contributed by atoms with Gasteiger partial charge in [0, 0.05) is 17.1 Å². The molecular weight excluding hydrogens is 240 g/mol. The van der Waals surface area contributed by atoms with E-state index in [0.717, 1.165) is 16.1 Å². The predicted molar refractivity (Wildman–Crippen MR) is 66.7 cm³/mol. The largest absolute Gasteiger partial charge is 0.390 e. The zero-order valence-corrected chi connectivity index (χ0v) is 9.88. The molecule has 0 saturated heterocycles. The molecule has 0 aliphatic carbocycles. The lowest BCUT2D eigenvalue weighted by Crippen LogP contribution is -1.83. The number of fused-ring (bicyclic) bond motifs is 1. The highest BCUT2D eigenvalue weighted by molar-refractivity contribution is 7.17. The van der Waals surface area contributed by atoms with E-state index in [1.165, 1.54) is 16.0 Å². The lowest BCUT2D eigenvalue weighted by molar-refractivity contribution is 0.278. The number of hydrogen-bond donors (Lipinski definition) is 1. The van der Waals surface area contributed by atoms with Gasteiger partial charge in [-0.1, -0.05) is 0 Å². The SMILES string of the molecule is OCc1csc(-c2cnc3ccsc3c2)n1. The normalized spacial score (nSPS) is 11.1. The van der Waals surface area contributed by atoms with Crippen LogP contribution in [0.3, 0.4) is 0 Å². The van der Waals surface area contributed by atoms with Gasteiger partial charge in [-0.15, -0.1) is 22.7 Å². The third kappa shape index (κ3) is 1.63. The van der Waals surface area contributed by atoms with Gasteiger partial charge in [0.2, 0.25) is 0 Å². The summed E-state index contributed by atoms with van der Waals surface area (Å²) in [6, 6.07) is 4.10. The van der Waals surface area contributed by atoms with Gasteiger partial charge in [0.1, 0.15) is 5.01 Å². The van der Waals surface area contributed by atoms with Crippen LogP contribution in [0.15, 0.2) is 29.1 Å². The number of aliphatic hydroxyl groups excluding tert-OH is 1. The molecule has 0 saturated carbocycles. The molecule has 16 heavy (non-hydrogen) atoms. The Hall–Kier alpha value is -1.30. The van der Waals surface area contributed by atoms with Gasteiger partial charge in [0.05, 0.1) is 22.5 Å². The molecular formula is C11H8N2OS2. The van der Waals surface area contributed by atoms with Crippen LogP contribution >= 0.6 is 22.7 Å². The van der Waals surface area contributed by atoms with Crippen LogP contribution in [0, 0.1) is 0 Å². The molecule has 3 heterocycles. The number of pyridine rings is 1. The molecule has 0 aromatic carbocycles. The summed E-state index contributed by atoms with van der Waals surface area (Å²) < 4.78 is 1.17. The Labute approximate surface area is 100 Å². The second kappa shape index (κ2) is 3.93. The quantitative estimate of drug-likeness (QED) is 0.758. The van der Waals surface area contributed by atoms with E-state index in [2.05, 4.69) is 16.0 Å². The molecule has 1 N–H and O–H groups in total. The van der Waals surface area contributed by atoms with E-state index < -0.39 is 0 Å². The molecule has 0 aliphatic heterocycles. The number of hydrogen-bond acceptors (Lipinski definition) is 5. The number of aromatic nitrogens is 2. The van der Waals surface area contributed by atoms with Crippen molar-refractivity contribution >= 4 is 32.9 Å². The second-order valence-electron chi connectivity index (χ2n) is 3.33. The summed E-state index contributed by atoms with van der Waals surface area (Å²) in [6.07, 6.45) is 1.83. The summed E-state index contributed by atoms with van der Waals surface area (Å²) in [5.74, 6) is 0. The number of thiophene rings is 1. The minimum atomic E-state index is -0.00876. The monoisotopic (exact) mass is 248 g/mol. The maximum Gasteiger partial charge on any atom is 0.125 e. The maximum absolute atomic E-state index is 8.97. The molecule has 5 heteroatoms. The summed E-state index contributed by atoms with van der Waals surface area (Å²) in [5.41, 5.74) is 2.75. The van der Waals surface area contributed by atoms with Crippen LogP contribution in [-0.2, 0) is 6.61 Å². The Morgan fingerprint density at radius 3 is 3.06 bits per heavy atom. The molecule has 0 amide bonds. The van der Waals surface area contributed by atoms with Gasteiger partial charge in [0.15, 0.2) is 0 Å². The van der Waals surface area contributed by atoms with Crippen molar-refractivity contribution < 1.29 is 5.11 Å². The third-order valence-corrected chi connectivity index (χ3v) is 4.06. The average molecular weight is 248 g/mol. The van der Waals surface area contributed by atoms with Crippen LogP contribution in [0.4, 0.5) is 0 Å². The van der Waals surface area contributed by atoms with E-state index in [1.54, 1.807) is 11.3 Å². The van der Waals surface area contributed by atoms with Crippen molar-refractivity contribution in [1.29, 1.82) is 0 Å². The fourth-order valence-electron chi connectivity index (χ4n) is 1.48. The lowest BCUT2D eigenvalue weighted by atomic mass is 10.3. The minimum Gasteiger partial charge on any atom is -0.390 e. The molecule has 0 fully saturated rings. The van der Waals surface area contributed by atoms with Crippen LogP contribution in [0.5, 0.6) is 0 Å². The molecule has 0 unspecified atom stereocenters. The van der Waals surface area contributed by atoms with E-state index in [1.807, 2.05) is 23.0 Å². The van der Waals surface area contributed by atoms with E-state index in [9.17, 15) is 0 Å². The predicted octanol–water partition coefficient (Wildman–Crippen LogP) is 2.91. The van der Waals surface area contributed by atoms with E-state index in [0.29, 0.717) is 5.69 Å². The smallest absolute Gasteiger partial charge is 0.125 e. The highest BCUT2D eigenvalue weighted by Gasteiger charge is 2.06. The van der Waals surface area contributed by atoms with Crippen LogP contribution in [-0.4, -0.2) is 15.1 Å². The zero-order chi connectivity index (χ0) is 11.0. The molecule has 0 aliphatic rings. The molecule has 80 valence electrons. The van der Waals surface area contributed by atoms with Gasteiger partial charge >= 0.3 is 0 Å². The van der Waals surface area contributed by atoms with Crippen molar-refractivity contribution in [3.05, 3.63) is 34.8 Å². The van der Waals surface area contributed by atoms with Gasteiger partial charge in [0.25, 0.3) is 0 Å². The fraction of sp³-hybridized carbons (Fsp3) is 0.0909. The highest BCUT2D eigenvalue weighted by Crippen LogP contribution is 2.27. The van der Waals surface area contributed by atoms with E-state index in [-0.39, 0.29) is 6.61 Å².